The lowest BCUT2D eigenvalue weighted by Crippen LogP contribution is -2.05. The van der Waals surface area contributed by atoms with E-state index in [-0.39, 0.29) is 6.61 Å². The lowest BCUT2D eigenvalue weighted by molar-refractivity contribution is 0.264. The maximum Gasteiger partial charge on any atom is 0.158 e. The third-order valence-corrected chi connectivity index (χ3v) is 3.10. The van der Waals surface area contributed by atoms with Crippen molar-refractivity contribution in [2.75, 3.05) is 0 Å². The molecule has 0 saturated carbocycles. The first-order chi connectivity index (χ1) is 7.29. The first-order valence-corrected chi connectivity index (χ1v) is 5.56. The van der Waals surface area contributed by atoms with Gasteiger partial charge in [0.1, 0.15) is 12.9 Å². The van der Waals surface area contributed by atoms with Crippen molar-refractivity contribution >= 4 is 11.3 Å². The highest BCUT2D eigenvalue weighted by atomic mass is 32.1. The first kappa shape index (κ1) is 10.3. The Kier molecular flexibility index (Phi) is 3.08. The van der Waals surface area contributed by atoms with Crippen LogP contribution in [0.4, 0.5) is 0 Å². The van der Waals surface area contributed by atoms with Crippen LogP contribution in [0.15, 0.2) is 11.7 Å². The summed E-state index contributed by atoms with van der Waals surface area (Å²) in [5, 5.41) is 19.7. The first-order valence-electron chi connectivity index (χ1n) is 4.68. The molecule has 0 unspecified atom stereocenters. The van der Waals surface area contributed by atoms with E-state index in [1.807, 2.05) is 16.9 Å². The second kappa shape index (κ2) is 4.50. The zero-order valence-corrected chi connectivity index (χ0v) is 9.24. The van der Waals surface area contributed by atoms with Gasteiger partial charge >= 0.3 is 0 Å². The SMILES string of the molecule is Cc1csc(CCn2cnnc2CO)n1. The minimum Gasteiger partial charge on any atom is -0.388 e. The normalized spacial score (nSPS) is 10.8. The van der Waals surface area contributed by atoms with E-state index in [2.05, 4.69) is 15.2 Å². The lowest BCUT2D eigenvalue weighted by atomic mass is 10.4. The van der Waals surface area contributed by atoms with Gasteiger partial charge in [0.2, 0.25) is 0 Å². The van der Waals surface area contributed by atoms with Crippen LogP contribution in [0, 0.1) is 6.92 Å². The highest BCUT2D eigenvalue weighted by molar-refractivity contribution is 7.09. The van der Waals surface area contributed by atoms with Crippen LogP contribution in [0.3, 0.4) is 0 Å². The molecule has 1 N–H and O–H groups in total. The van der Waals surface area contributed by atoms with E-state index in [1.54, 1.807) is 17.7 Å². The zero-order chi connectivity index (χ0) is 10.7. The summed E-state index contributed by atoms with van der Waals surface area (Å²) in [6, 6.07) is 0. The summed E-state index contributed by atoms with van der Waals surface area (Å²) in [5.41, 5.74) is 1.06. The Bertz CT molecular complexity index is 437. The molecular formula is C9H12N4OS. The van der Waals surface area contributed by atoms with Crippen molar-refractivity contribution in [1.29, 1.82) is 0 Å². The van der Waals surface area contributed by atoms with E-state index < -0.39 is 0 Å². The molecule has 2 heterocycles. The van der Waals surface area contributed by atoms with Gasteiger partial charge in [0.15, 0.2) is 5.82 Å². The smallest absolute Gasteiger partial charge is 0.158 e. The van der Waals surface area contributed by atoms with Crippen LogP contribution in [-0.2, 0) is 19.6 Å². The van der Waals surface area contributed by atoms with Crippen LogP contribution in [0.1, 0.15) is 16.5 Å². The van der Waals surface area contributed by atoms with Gasteiger partial charge in [0.25, 0.3) is 0 Å². The number of hydrogen-bond donors (Lipinski definition) is 1. The van der Waals surface area contributed by atoms with Gasteiger partial charge in [0, 0.05) is 24.0 Å². The van der Waals surface area contributed by atoms with Crippen LogP contribution in [0.25, 0.3) is 0 Å². The molecule has 0 atom stereocenters. The van der Waals surface area contributed by atoms with Crippen molar-refractivity contribution in [2.45, 2.75) is 26.5 Å². The van der Waals surface area contributed by atoms with Crippen molar-refractivity contribution in [1.82, 2.24) is 19.7 Å². The Balaban J connectivity index is 1.98. The van der Waals surface area contributed by atoms with Crippen LogP contribution in [0.5, 0.6) is 0 Å². The minimum absolute atomic E-state index is 0.0725. The van der Waals surface area contributed by atoms with Crippen molar-refractivity contribution in [3.63, 3.8) is 0 Å². The predicted molar refractivity (Wildman–Crippen MR) is 56.5 cm³/mol. The van der Waals surface area contributed by atoms with E-state index in [4.69, 9.17) is 5.11 Å². The van der Waals surface area contributed by atoms with Gasteiger partial charge in [-0.25, -0.2) is 4.98 Å². The van der Waals surface area contributed by atoms with Gasteiger partial charge < -0.3 is 9.67 Å². The molecule has 2 aromatic rings. The Labute approximate surface area is 91.4 Å². The van der Waals surface area contributed by atoms with Gasteiger partial charge in [-0.1, -0.05) is 0 Å². The van der Waals surface area contributed by atoms with Gasteiger partial charge in [-0.15, -0.1) is 21.5 Å². The van der Waals surface area contributed by atoms with Crippen molar-refractivity contribution in [3.05, 3.63) is 28.2 Å². The summed E-state index contributed by atoms with van der Waals surface area (Å²) in [5.74, 6) is 0.600. The van der Waals surface area contributed by atoms with Gasteiger partial charge in [-0.2, -0.15) is 0 Å². The number of aliphatic hydroxyl groups excluding tert-OH is 1. The molecule has 0 saturated heterocycles. The summed E-state index contributed by atoms with van der Waals surface area (Å²) in [6.07, 6.45) is 2.48. The average Bonchev–Trinajstić information content (AvgIpc) is 2.83. The fourth-order valence-electron chi connectivity index (χ4n) is 1.32. The lowest BCUT2D eigenvalue weighted by Gasteiger charge is -2.01. The fourth-order valence-corrected chi connectivity index (χ4v) is 2.09. The quantitative estimate of drug-likeness (QED) is 0.833. The highest BCUT2D eigenvalue weighted by Crippen LogP contribution is 2.10. The van der Waals surface area contributed by atoms with E-state index in [0.717, 1.165) is 23.7 Å². The highest BCUT2D eigenvalue weighted by Gasteiger charge is 2.04. The number of aromatic nitrogens is 4. The monoisotopic (exact) mass is 224 g/mol. The van der Waals surface area contributed by atoms with E-state index >= 15 is 0 Å². The molecule has 0 aliphatic carbocycles. The molecule has 0 bridgehead atoms. The molecule has 0 aromatic carbocycles. The van der Waals surface area contributed by atoms with Crippen molar-refractivity contribution in [2.24, 2.45) is 0 Å². The Hall–Kier alpha value is -1.27. The second-order valence-electron chi connectivity index (χ2n) is 3.23. The number of rotatable bonds is 4. The average molecular weight is 224 g/mol. The number of thiazole rings is 1. The maximum atomic E-state index is 8.97. The molecule has 0 spiro atoms. The van der Waals surface area contributed by atoms with Crippen molar-refractivity contribution in [3.8, 4) is 0 Å². The van der Waals surface area contributed by atoms with E-state index in [0.29, 0.717) is 5.82 Å². The van der Waals surface area contributed by atoms with Crippen LogP contribution >= 0.6 is 11.3 Å². The largest absolute Gasteiger partial charge is 0.388 e. The molecule has 0 fully saturated rings. The molecular weight excluding hydrogens is 212 g/mol. The second-order valence-corrected chi connectivity index (χ2v) is 4.17. The summed E-state index contributed by atoms with van der Waals surface area (Å²) < 4.78 is 1.84. The third kappa shape index (κ3) is 2.40. The molecule has 5 nitrogen and oxygen atoms in total. The van der Waals surface area contributed by atoms with E-state index in [1.165, 1.54) is 0 Å². The molecule has 6 heteroatoms. The fraction of sp³-hybridized carbons (Fsp3) is 0.444. The summed E-state index contributed by atoms with van der Waals surface area (Å²) >= 11 is 1.66. The Morgan fingerprint density at radius 1 is 1.53 bits per heavy atom. The Morgan fingerprint density at radius 2 is 2.40 bits per heavy atom. The molecule has 0 aliphatic heterocycles. The van der Waals surface area contributed by atoms with E-state index in [9.17, 15) is 0 Å². The number of aryl methyl sites for hydroxylation is 3. The van der Waals surface area contributed by atoms with Gasteiger partial charge in [-0.05, 0) is 6.92 Å². The molecule has 80 valence electrons. The number of nitrogens with zero attached hydrogens (tertiary/aromatic N) is 4. The number of hydrogen-bond acceptors (Lipinski definition) is 5. The Morgan fingerprint density at radius 3 is 3.07 bits per heavy atom. The molecule has 2 rings (SSSR count). The molecule has 0 aliphatic rings. The van der Waals surface area contributed by atoms with Crippen molar-refractivity contribution < 1.29 is 5.11 Å². The minimum atomic E-state index is -0.0725. The molecule has 15 heavy (non-hydrogen) atoms. The maximum absolute atomic E-state index is 8.97. The third-order valence-electron chi connectivity index (χ3n) is 2.07. The summed E-state index contributed by atoms with van der Waals surface area (Å²) in [4.78, 5) is 4.37. The molecule has 2 aromatic heterocycles. The topological polar surface area (TPSA) is 63.8 Å². The predicted octanol–water partition coefficient (Wildman–Crippen LogP) is 0.778. The van der Waals surface area contributed by atoms with Gasteiger partial charge in [0.05, 0.1) is 5.01 Å². The molecule has 0 amide bonds. The molecule has 0 radical (unpaired) electrons. The zero-order valence-electron chi connectivity index (χ0n) is 8.42. The summed E-state index contributed by atoms with van der Waals surface area (Å²) in [6.45, 7) is 2.67. The van der Waals surface area contributed by atoms with Crippen LogP contribution in [-0.4, -0.2) is 24.9 Å². The van der Waals surface area contributed by atoms with Crippen LogP contribution in [0.2, 0.25) is 0 Å². The van der Waals surface area contributed by atoms with Crippen LogP contribution < -0.4 is 0 Å². The van der Waals surface area contributed by atoms with Gasteiger partial charge in [-0.3, -0.25) is 0 Å². The standard InChI is InChI=1S/C9H12N4OS/c1-7-5-15-9(11-7)2-3-13-6-10-12-8(13)4-14/h5-6,14H,2-4H2,1H3. The number of aliphatic hydroxyl groups is 1. The summed E-state index contributed by atoms with van der Waals surface area (Å²) in [7, 11) is 0.